The second-order valence-corrected chi connectivity index (χ2v) is 15.8. The van der Waals surface area contributed by atoms with Crippen molar-refractivity contribution in [2.75, 3.05) is 4.90 Å². The summed E-state index contributed by atoms with van der Waals surface area (Å²) in [4.78, 5) is 2.32. The van der Waals surface area contributed by atoms with Crippen molar-refractivity contribution in [2.45, 2.75) is 13.3 Å². The number of aryl methyl sites for hydroxylation is 1. The summed E-state index contributed by atoms with van der Waals surface area (Å²) in [7, 11) is 0. The number of allylic oxidation sites excluding steroid dienone is 3. The Hall–Kier alpha value is -7.71. The van der Waals surface area contributed by atoms with Gasteiger partial charge in [-0.2, -0.15) is 4.90 Å². The van der Waals surface area contributed by atoms with Crippen LogP contribution in [0.25, 0.3) is 66.4 Å². The molecule has 0 saturated heterocycles. The minimum atomic E-state index is 0.184. The average molecular weight is 769 g/mol. The van der Waals surface area contributed by atoms with Gasteiger partial charge in [0, 0.05) is 16.5 Å². The van der Waals surface area contributed by atoms with Gasteiger partial charge in [0.25, 0.3) is 0 Å². The molecule has 1 aromatic heterocycles. The minimum Gasteiger partial charge on any atom is -0.309 e. The Balaban J connectivity index is 0.909. The van der Waals surface area contributed by atoms with Crippen molar-refractivity contribution >= 4 is 44.7 Å². The molecule has 8 aromatic carbocycles. The van der Waals surface area contributed by atoms with Gasteiger partial charge < -0.3 is 4.57 Å². The van der Waals surface area contributed by atoms with Crippen molar-refractivity contribution in [2.24, 2.45) is 5.92 Å². The monoisotopic (exact) mass is 768 g/mol. The van der Waals surface area contributed by atoms with Crippen molar-refractivity contribution in [3.8, 4) is 39.1 Å². The quantitative estimate of drug-likeness (QED) is 0.141. The Morgan fingerprint density at radius 2 is 1.07 bits per heavy atom. The number of fused-ring (bicyclic) bond motifs is 3. The molecule has 60 heavy (non-hydrogen) atoms. The largest absolute Gasteiger partial charge is 0.331 e. The zero-order chi connectivity index (χ0) is 40.0. The average Bonchev–Trinajstić information content (AvgIpc) is 3.64. The van der Waals surface area contributed by atoms with E-state index >= 15 is 0 Å². The molecule has 0 bridgehead atoms. The summed E-state index contributed by atoms with van der Waals surface area (Å²) in [6.45, 7) is 2.14. The lowest BCUT2D eigenvalue weighted by Crippen LogP contribution is -2.52. The SMILES string of the molecule is Cc1ccc(-c2ccc3c(c2)c2ccccc2n3-c2ccc(-c3ccccc3-c3ccccc3C3=CCC(C4=[N+]=C(c5ccccc5)N4c4ccccc4)C=C3)cc2)cc1. The van der Waals surface area contributed by atoms with Crippen LogP contribution in [0.5, 0.6) is 0 Å². The lowest BCUT2D eigenvalue weighted by Gasteiger charge is -2.27. The van der Waals surface area contributed by atoms with E-state index in [4.69, 9.17) is 4.67 Å². The molecule has 284 valence electrons. The van der Waals surface area contributed by atoms with Crippen LogP contribution in [0.3, 0.4) is 0 Å². The Bertz CT molecular complexity index is 3200. The number of hydrogen-bond donors (Lipinski definition) is 0. The van der Waals surface area contributed by atoms with Crippen LogP contribution in [0.2, 0.25) is 0 Å². The number of nitrogens with zero attached hydrogens (tertiary/aromatic N) is 3. The third-order valence-corrected chi connectivity index (χ3v) is 12.1. The van der Waals surface area contributed by atoms with Gasteiger partial charge >= 0.3 is 11.7 Å². The maximum Gasteiger partial charge on any atom is 0.331 e. The van der Waals surface area contributed by atoms with E-state index in [0.717, 1.165) is 35.0 Å². The molecule has 1 atom stereocenters. The maximum atomic E-state index is 5.13. The van der Waals surface area contributed by atoms with Crippen LogP contribution in [0.4, 0.5) is 5.69 Å². The van der Waals surface area contributed by atoms with Gasteiger partial charge in [0.2, 0.25) is 0 Å². The van der Waals surface area contributed by atoms with Crippen LogP contribution in [-0.2, 0) is 0 Å². The molecular formula is C57H42N3+. The van der Waals surface area contributed by atoms with E-state index in [2.05, 4.69) is 235 Å². The van der Waals surface area contributed by atoms with Crippen molar-refractivity contribution in [3.05, 3.63) is 235 Å². The zero-order valence-electron chi connectivity index (χ0n) is 33.4. The molecule has 0 N–H and O–H groups in total. The smallest absolute Gasteiger partial charge is 0.309 e. The molecule has 0 amide bonds. The minimum absolute atomic E-state index is 0.184. The van der Waals surface area contributed by atoms with Gasteiger partial charge in [-0.25, -0.2) is 4.67 Å². The first kappa shape index (κ1) is 35.5. The number of hydrogen-bond acceptors (Lipinski definition) is 1. The predicted molar refractivity (Wildman–Crippen MR) is 254 cm³/mol. The highest BCUT2D eigenvalue weighted by molar-refractivity contribution is 6.32. The Morgan fingerprint density at radius 3 is 1.80 bits per heavy atom. The first-order valence-corrected chi connectivity index (χ1v) is 20.8. The van der Waals surface area contributed by atoms with Gasteiger partial charge in [0.05, 0.1) is 22.5 Å². The summed E-state index contributed by atoms with van der Waals surface area (Å²) in [5.74, 6) is 2.27. The molecule has 1 aliphatic carbocycles. The Morgan fingerprint density at radius 1 is 0.467 bits per heavy atom. The van der Waals surface area contributed by atoms with Gasteiger partial charge in [-0.3, -0.25) is 0 Å². The summed E-state index contributed by atoms with van der Waals surface area (Å²) in [5.41, 5.74) is 16.9. The van der Waals surface area contributed by atoms with Crippen molar-refractivity contribution in [1.29, 1.82) is 0 Å². The van der Waals surface area contributed by atoms with E-state index < -0.39 is 0 Å². The second kappa shape index (κ2) is 14.9. The second-order valence-electron chi connectivity index (χ2n) is 15.8. The molecule has 0 radical (unpaired) electrons. The van der Waals surface area contributed by atoms with Crippen LogP contribution in [0.15, 0.2) is 218 Å². The third-order valence-electron chi connectivity index (χ3n) is 12.1. The van der Waals surface area contributed by atoms with Crippen molar-refractivity contribution in [1.82, 2.24) is 9.24 Å². The van der Waals surface area contributed by atoms with Crippen LogP contribution in [0, 0.1) is 12.8 Å². The van der Waals surface area contributed by atoms with Gasteiger partial charge in [-0.1, -0.05) is 169 Å². The summed E-state index contributed by atoms with van der Waals surface area (Å²) in [5, 5.41) is 2.52. The summed E-state index contributed by atoms with van der Waals surface area (Å²) < 4.78 is 7.53. The molecule has 2 aliphatic rings. The number of rotatable bonds is 8. The molecule has 2 heterocycles. The first-order chi connectivity index (χ1) is 29.7. The fourth-order valence-electron chi connectivity index (χ4n) is 9.05. The number of benzene rings is 8. The van der Waals surface area contributed by atoms with Gasteiger partial charge in [-0.15, -0.1) is 0 Å². The third kappa shape index (κ3) is 6.21. The Labute approximate surface area is 350 Å². The molecule has 9 aromatic rings. The van der Waals surface area contributed by atoms with Crippen LogP contribution < -0.4 is 9.57 Å². The van der Waals surface area contributed by atoms with E-state index in [9.17, 15) is 0 Å². The fourth-order valence-corrected chi connectivity index (χ4v) is 9.05. The lowest BCUT2D eigenvalue weighted by molar-refractivity contribution is 0.846. The topological polar surface area (TPSA) is 22.3 Å². The Kier molecular flexibility index (Phi) is 8.81. The number of anilines is 1. The van der Waals surface area contributed by atoms with Crippen LogP contribution in [0.1, 0.15) is 23.1 Å². The van der Waals surface area contributed by atoms with E-state index in [1.807, 2.05) is 0 Å². The highest BCUT2D eigenvalue weighted by Gasteiger charge is 2.41. The molecule has 3 nitrogen and oxygen atoms in total. The number of aromatic nitrogens is 1. The highest BCUT2D eigenvalue weighted by atomic mass is 15.3. The highest BCUT2D eigenvalue weighted by Crippen LogP contribution is 2.40. The summed E-state index contributed by atoms with van der Waals surface area (Å²) >= 11 is 0. The van der Waals surface area contributed by atoms with E-state index in [1.165, 1.54) is 71.9 Å². The molecule has 0 saturated carbocycles. The van der Waals surface area contributed by atoms with Crippen molar-refractivity contribution < 1.29 is 0 Å². The molecule has 0 fully saturated rings. The molecule has 0 spiro atoms. The van der Waals surface area contributed by atoms with E-state index in [0.29, 0.717) is 0 Å². The predicted octanol–water partition coefficient (Wildman–Crippen LogP) is 13.5. The molecule has 11 rings (SSSR count). The van der Waals surface area contributed by atoms with Gasteiger partial charge in [0.15, 0.2) is 0 Å². The standard InChI is InChI=1S/C57H42N3/c1-39-24-26-40(27-25-39)45-34-37-55-53(38-45)52-22-12-13-23-54(52)59(55)47-35-32-42(33-36-47)49-19-9-11-21-51(49)50-20-10-8-18-48(50)41-28-30-44(31-29-41)57-58-56(43-14-4-2-5-15-43)60(57)46-16-6-3-7-17-46/h2-30,32-38,44H,31H2,1H3/q+1. The van der Waals surface area contributed by atoms with Crippen molar-refractivity contribution in [3.63, 3.8) is 0 Å². The number of amidine groups is 2. The summed E-state index contributed by atoms with van der Waals surface area (Å²) in [6.07, 6.45) is 7.91. The summed E-state index contributed by atoms with van der Waals surface area (Å²) in [6, 6.07) is 72.3. The van der Waals surface area contributed by atoms with Gasteiger partial charge in [0.1, 0.15) is 5.69 Å². The van der Waals surface area contributed by atoms with Crippen LogP contribution >= 0.6 is 0 Å². The molecule has 1 aliphatic heterocycles. The first-order valence-electron chi connectivity index (χ1n) is 20.8. The van der Waals surface area contributed by atoms with E-state index in [1.54, 1.807) is 0 Å². The maximum absolute atomic E-state index is 5.13. The van der Waals surface area contributed by atoms with Crippen LogP contribution in [-0.4, -0.2) is 16.2 Å². The number of para-hydroxylation sites is 2. The molecule has 3 heteroatoms. The zero-order valence-corrected chi connectivity index (χ0v) is 33.4. The normalized spacial score (nSPS) is 14.8. The molecular weight excluding hydrogens is 727 g/mol. The molecule has 1 unspecified atom stereocenters. The van der Waals surface area contributed by atoms with Gasteiger partial charge in [-0.05, 0) is 112 Å². The lowest BCUT2D eigenvalue weighted by atomic mass is 9.85. The fraction of sp³-hybridized carbons (Fsp3) is 0.0526. The van der Waals surface area contributed by atoms with E-state index in [-0.39, 0.29) is 5.92 Å².